The first kappa shape index (κ1) is 11.8. The van der Waals surface area contributed by atoms with Gasteiger partial charge in [0, 0.05) is 8.90 Å². The van der Waals surface area contributed by atoms with Gasteiger partial charge in [-0.15, -0.1) is 0 Å². The fourth-order valence-corrected chi connectivity index (χ4v) is 2.75. The maximum Gasteiger partial charge on any atom is 0.281 e. The molecular formula is C7H4Br2F2IN. The molecule has 6 heteroatoms. The standard InChI is InChI=1S/C7H4Br2F2IN/c8-2-3-1-4(12)5(7(10)11)13-6(3)9/h1,7H,2H2. The molecule has 0 amide bonds. The Bertz CT molecular complexity index is 320. The summed E-state index contributed by atoms with van der Waals surface area (Å²) >= 11 is 8.23. The minimum atomic E-state index is -2.52. The van der Waals surface area contributed by atoms with Crippen molar-refractivity contribution in [3.8, 4) is 0 Å². The average Bonchev–Trinajstić information content (AvgIpc) is 2.07. The van der Waals surface area contributed by atoms with Crippen molar-refractivity contribution in [3.05, 3.63) is 25.5 Å². The van der Waals surface area contributed by atoms with Gasteiger partial charge in [0.25, 0.3) is 6.43 Å². The van der Waals surface area contributed by atoms with Crippen molar-refractivity contribution in [1.29, 1.82) is 0 Å². The van der Waals surface area contributed by atoms with Crippen LogP contribution in [0.1, 0.15) is 17.7 Å². The van der Waals surface area contributed by atoms with Crippen LogP contribution in [0.2, 0.25) is 0 Å². The van der Waals surface area contributed by atoms with Crippen LogP contribution >= 0.6 is 54.5 Å². The Morgan fingerprint density at radius 1 is 1.54 bits per heavy atom. The predicted molar refractivity (Wildman–Crippen MR) is 62.2 cm³/mol. The van der Waals surface area contributed by atoms with Gasteiger partial charge in [-0.3, -0.25) is 0 Å². The number of nitrogens with zero attached hydrogens (tertiary/aromatic N) is 1. The van der Waals surface area contributed by atoms with Gasteiger partial charge in [0.1, 0.15) is 10.3 Å². The first-order chi connectivity index (χ1) is 6.06. The van der Waals surface area contributed by atoms with E-state index in [0.29, 0.717) is 13.5 Å². The Kier molecular flexibility index (Phi) is 4.50. The van der Waals surface area contributed by atoms with Crippen LogP contribution < -0.4 is 0 Å². The molecule has 1 aromatic rings. The number of aromatic nitrogens is 1. The second-order valence-electron chi connectivity index (χ2n) is 2.24. The molecule has 1 heterocycles. The Morgan fingerprint density at radius 2 is 2.15 bits per heavy atom. The molecule has 0 aliphatic carbocycles. The maximum atomic E-state index is 12.3. The van der Waals surface area contributed by atoms with Crippen molar-refractivity contribution in [3.63, 3.8) is 0 Å². The Balaban J connectivity index is 3.20. The summed E-state index contributed by atoms with van der Waals surface area (Å²) in [6, 6.07) is 1.69. The van der Waals surface area contributed by atoms with E-state index >= 15 is 0 Å². The minimum absolute atomic E-state index is 0.169. The molecule has 0 aliphatic heterocycles. The highest BCUT2D eigenvalue weighted by atomic mass is 127. The molecule has 0 aromatic carbocycles. The largest absolute Gasteiger partial charge is 0.281 e. The predicted octanol–water partition coefficient (Wildman–Crippen LogP) is 4.28. The lowest BCUT2D eigenvalue weighted by atomic mass is 10.3. The number of pyridine rings is 1. The fourth-order valence-electron chi connectivity index (χ4n) is 0.764. The topological polar surface area (TPSA) is 12.9 Å². The van der Waals surface area contributed by atoms with Crippen LogP contribution in [0.15, 0.2) is 10.7 Å². The summed E-state index contributed by atoms with van der Waals surface area (Å²) in [5.74, 6) is 0. The number of hydrogen-bond acceptors (Lipinski definition) is 1. The molecule has 0 radical (unpaired) electrons. The Hall–Kier alpha value is 0.700. The van der Waals surface area contributed by atoms with Crippen LogP contribution in [0.5, 0.6) is 0 Å². The third-order valence-corrected chi connectivity index (χ3v) is 3.53. The molecule has 0 aliphatic rings. The molecule has 0 unspecified atom stereocenters. The van der Waals surface area contributed by atoms with Crippen molar-refractivity contribution < 1.29 is 8.78 Å². The third kappa shape index (κ3) is 2.82. The molecule has 0 saturated heterocycles. The number of alkyl halides is 3. The zero-order valence-electron chi connectivity index (χ0n) is 6.20. The zero-order chi connectivity index (χ0) is 10.0. The van der Waals surface area contributed by atoms with Gasteiger partial charge >= 0.3 is 0 Å². The molecular weight excluding hydrogens is 423 g/mol. The summed E-state index contributed by atoms with van der Waals surface area (Å²) < 4.78 is 25.7. The summed E-state index contributed by atoms with van der Waals surface area (Å²) in [6.07, 6.45) is -2.52. The van der Waals surface area contributed by atoms with Gasteiger partial charge in [-0.05, 0) is 50.2 Å². The van der Waals surface area contributed by atoms with E-state index in [1.807, 2.05) is 22.6 Å². The summed E-state index contributed by atoms with van der Waals surface area (Å²) in [6.45, 7) is 0. The van der Waals surface area contributed by atoms with Gasteiger partial charge in [-0.1, -0.05) is 15.9 Å². The lowest BCUT2D eigenvalue weighted by molar-refractivity contribution is 0.145. The quantitative estimate of drug-likeness (QED) is 0.391. The van der Waals surface area contributed by atoms with Gasteiger partial charge in [-0.25, -0.2) is 13.8 Å². The van der Waals surface area contributed by atoms with Crippen LogP contribution in [0.4, 0.5) is 8.78 Å². The van der Waals surface area contributed by atoms with E-state index in [0.717, 1.165) is 5.56 Å². The molecule has 1 rings (SSSR count). The molecule has 0 saturated carbocycles. The summed E-state index contributed by atoms with van der Waals surface area (Å²) in [5, 5.41) is 0.597. The summed E-state index contributed by atoms with van der Waals surface area (Å²) in [5.41, 5.74) is 0.700. The second kappa shape index (κ2) is 4.97. The smallest absolute Gasteiger partial charge is 0.238 e. The first-order valence-electron chi connectivity index (χ1n) is 3.25. The van der Waals surface area contributed by atoms with Crippen LogP contribution in [-0.2, 0) is 5.33 Å². The van der Waals surface area contributed by atoms with E-state index < -0.39 is 6.43 Å². The summed E-state index contributed by atoms with van der Waals surface area (Å²) in [4.78, 5) is 3.77. The Morgan fingerprint density at radius 3 is 2.62 bits per heavy atom. The maximum absolute atomic E-state index is 12.3. The van der Waals surface area contributed by atoms with Crippen LogP contribution in [0.25, 0.3) is 0 Å². The SMILES string of the molecule is FC(F)c1nc(Br)c(CBr)cc1I. The molecule has 13 heavy (non-hydrogen) atoms. The molecule has 0 spiro atoms. The Labute approximate surface area is 105 Å². The highest BCUT2D eigenvalue weighted by Gasteiger charge is 2.15. The lowest BCUT2D eigenvalue weighted by Crippen LogP contribution is -1.98. The van der Waals surface area contributed by atoms with E-state index in [1.165, 1.54) is 0 Å². The number of hydrogen-bond donors (Lipinski definition) is 0. The first-order valence-corrected chi connectivity index (χ1v) is 6.24. The van der Waals surface area contributed by atoms with Crippen molar-refractivity contribution in [2.75, 3.05) is 0 Å². The van der Waals surface area contributed by atoms with E-state index in [-0.39, 0.29) is 5.69 Å². The van der Waals surface area contributed by atoms with Crippen molar-refractivity contribution in [2.45, 2.75) is 11.8 Å². The van der Waals surface area contributed by atoms with Gasteiger partial charge < -0.3 is 0 Å². The van der Waals surface area contributed by atoms with Crippen molar-refractivity contribution >= 4 is 54.5 Å². The number of rotatable bonds is 2. The molecule has 0 bridgehead atoms. The molecule has 0 N–H and O–H groups in total. The zero-order valence-corrected chi connectivity index (χ0v) is 11.5. The van der Waals surface area contributed by atoms with E-state index in [2.05, 4.69) is 36.8 Å². The lowest BCUT2D eigenvalue weighted by Gasteiger charge is -2.06. The van der Waals surface area contributed by atoms with Gasteiger partial charge in [0.05, 0.1) is 0 Å². The van der Waals surface area contributed by atoms with Gasteiger partial charge in [-0.2, -0.15) is 0 Å². The molecule has 0 fully saturated rings. The van der Waals surface area contributed by atoms with E-state index in [1.54, 1.807) is 6.07 Å². The molecule has 1 aromatic heterocycles. The van der Waals surface area contributed by atoms with E-state index in [9.17, 15) is 8.78 Å². The normalized spacial score (nSPS) is 10.9. The van der Waals surface area contributed by atoms with Crippen molar-refractivity contribution in [1.82, 2.24) is 4.98 Å². The third-order valence-electron chi connectivity index (χ3n) is 1.38. The molecule has 72 valence electrons. The minimum Gasteiger partial charge on any atom is -0.238 e. The highest BCUT2D eigenvalue weighted by molar-refractivity contribution is 14.1. The van der Waals surface area contributed by atoms with Crippen LogP contribution in [0.3, 0.4) is 0 Å². The summed E-state index contributed by atoms with van der Waals surface area (Å²) in [7, 11) is 0. The van der Waals surface area contributed by atoms with Crippen molar-refractivity contribution in [2.24, 2.45) is 0 Å². The fraction of sp³-hybridized carbons (Fsp3) is 0.286. The van der Waals surface area contributed by atoms with E-state index in [4.69, 9.17) is 0 Å². The highest BCUT2D eigenvalue weighted by Crippen LogP contribution is 2.27. The molecule has 1 nitrogen and oxygen atoms in total. The average molecular weight is 427 g/mol. The van der Waals surface area contributed by atoms with Crippen LogP contribution in [-0.4, -0.2) is 4.98 Å². The second-order valence-corrected chi connectivity index (χ2v) is 4.71. The van der Waals surface area contributed by atoms with Crippen LogP contribution in [0, 0.1) is 3.57 Å². The number of halogens is 5. The molecule has 0 atom stereocenters. The van der Waals surface area contributed by atoms with Gasteiger partial charge in [0.2, 0.25) is 0 Å². The van der Waals surface area contributed by atoms with Gasteiger partial charge in [0.15, 0.2) is 0 Å². The monoisotopic (exact) mass is 425 g/mol.